The molecule has 2 aliphatic rings. The summed E-state index contributed by atoms with van der Waals surface area (Å²) in [6.07, 6.45) is 4.45. The molecule has 4 heteroatoms. The molecule has 4 nitrogen and oxygen atoms in total. The standard InChI is InChI=1S/C17H20N2O2/c20-16(14-11-12-3-1-2-4-13(12)18-14)19-15-5-6-17(15)7-9-21-10-8-17/h1-4,11,15,18H,5-10H2,(H,19,20). The van der Waals surface area contributed by atoms with E-state index in [0.29, 0.717) is 17.2 Å². The van der Waals surface area contributed by atoms with Crippen LogP contribution in [0, 0.1) is 5.41 Å². The van der Waals surface area contributed by atoms with E-state index < -0.39 is 0 Å². The summed E-state index contributed by atoms with van der Waals surface area (Å²) in [6.45, 7) is 1.66. The average molecular weight is 284 g/mol. The minimum atomic E-state index is 0.0155. The van der Waals surface area contributed by atoms with Gasteiger partial charge in [-0.15, -0.1) is 0 Å². The molecule has 1 saturated heterocycles. The van der Waals surface area contributed by atoms with Crippen LogP contribution in [0.3, 0.4) is 0 Å². The molecule has 0 radical (unpaired) electrons. The number of aromatic amines is 1. The number of nitrogens with one attached hydrogen (secondary N) is 2. The minimum absolute atomic E-state index is 0.0155. The zero-order chi connectivity index (χ0) is 14.3. The van der Waals surface area contributed by atoms with Gasteiger partial charge in [-0.1, -0.05) is 18.2 Å². The Morgan fingerprint density at radius 2 is 2.05 bits per heavy atom. The van der Waals surface area contributed by atoms with E-state index in [4.69, 9.17) is 4.74 Å². The first-order valence-corrected chi connectivity index (χ1v) is 7.73. The van der Waals surface area contributed by atoms with Gasteiger partial charge in [-0.05, 0) is 43.2 Å². The summed E-state index contributed by atoms with van der Waals surface area (Å²) in [6, 6.07) is 10.2. The fourth-order valence-corrected chi connectivity index (χ4v) is 3.73. The Hall–Kier alpha value is -1.81. The number of fused-ring (bicyclic) bond motifs is 1. The van der Waals surface area contributed by atoms with Crippen LogP contribution in [-0.2, 0) is 4.74 Å². The third-order valence-electron chi connectivity index (χ3n) is 5.24. The Bertz CT molecular complexity index is 637. The number of hydrogen-bond acceptors (Lipinski definition) is 2. The van der Waals surface area contributed by atoms with Crippen molar-refractivity contribution in [2.24, 2.45) is 5.41 Å². The Balaban J connectivity index is 1.50. The SMILES string of the molecule is O=C(NC1CCC12CCOCC2)c1cc2ccccc2[nH]1. The van der Waals surface area contributed by atoms with Gasteiger partial charge in [-0.25, -0.2) is 0 Å². The molecule has 1 aromatic heterocycles. The molecule has 2 fully saturated rings. The van der Waals surface area contributed by atoms with Crippen molar-refractivity contribution in [2.45, 2.75) is 31.7 Å². The highest BCUT2D eigenvalue weighted by Crippen LogP contribution is 2.48. The number of carbonyl (C=O) groups is 1. The second-order valence-electron chi connectivity index (χ2n) is 6.31. The third kappa shape index (κ3) is 2.14. The summed E-state index contributed by atoms with van der Waals surface area (Å²) in [4.78, 5) is 15.7. The van der Waals surface area contributed by atoms with Crippen LogP contribution in [-0.4, -0.2) is 30.1 Å². The van der Waals surface area contributed by atoms with Crippen molar-refractivity contribution in [3.05, 3.63) is 36.0 Å². The number of H-pyrrole nitrogens is 1. The van der Waals surface area contributed by atoms with E-state index in [1.54, 1.807) is 0 Å². The maximum Gasteiger partial charge on any atom is 0.267 e. The highest BCUT2D eigenvalue weighted by molar-refractivity contribution is 5.98. The second-order valence-corrected chi connectivity index (χ2v) is 6.31. The van der Waals surface area contributed by atoms with Crippen LogP contribution in [0.1, 0.15) is 36.2 Å². The van der Waals surface area contributed by atoms with E-state index in [1.165, 1.54) is 6.42 Å². The number of benzene rings is 1. The summed E-state index contributed by atoms with van der Waals surface area (Å²) in [5.41, 5.74) is 1.96. The number of ether oxygens (including phenoxy) is 1. The number of carbonyl (C=O) groups excluding carboxylic acids is 1. The van der Waals surface area contributed by atoms with Crippen molar-refractivity contribution in [1.29, 1.82) is 0 Å². The van der Waals surface area contributed by atoms with Crippen LogP contribution < -0.4 is 5.32 Å². The van der Waals surface area contributed by atoms with Crippen LogP contribution in [0.15, 0.2) is 30.3 Å². The molecule has 1 spiro atoms. The Morgan fingerprint density at radius 3 is 2.76 bits per heavy atom. The first-order valence-electron chi connectivity index (χ1n) is 7.73. The summed E-state index contributed by atoms with van der Waals surface area (Å²) in [7, 11) is 0. The van der Waals surface area contributed by atoms with E-state index in [1.807, 2.05) is 30.3 Å². The maximum atomic E-state index is 12.5. The molecular formula is C17H20N2O2. The molecule has 2 N–H and O–H groups in total. The number of rotatable bonds is 2. The van der Waals surface area contributed by atoms with E-state index in [9.17, 15) is 4.79 Å². The summed E-state index contributed by atoms with van der Waals surface area (Å²) < 4.78 is 5.46. The van der Waals surface area contributed by atoms with E-state index >= 15 is 0 Å². The van der Waals surface area contributed by atoms with Crippen molar-refractivity contribution < 1.29 is 9.53 Å². The smallest absolute Gasteiger partial charge is 0.267 e. The van der Waals surface area contributed by atoms with Crippen LogP contribution in [0.25, 0.3) is 10.9 Å². The Morgan fingerprint density at radius 1 is 1.24 bits per heavy atom. The number of para-hydroxylation sites is 1. The predicted octanol–water partition coefficient (Wildman–Crippen LogP) is 2.86. The zero-order valence-corrected chi connectivity index (χ0v) is 12.0. The van der Waals surface area contributed by atoms with Crippen molar-refractivity contribution in [3.63, 3.8) is 0 Å². The van der Waals surface area contributed by atoms with Gasteiger partial charge in [0.2, 0.25) is 0 Å². The minimum Gasteiger partial charge on any atom is -0.381 e. The molecule has 1 aliphatic heterocycles. The lowest BCUT2D eigenvalue weighted by Crippen LogP contribution is -2.57. The summed E-state index contributed by atoms with van der Waals surface area (Å²) in [5.74, 6) is 0.0155. The van der Waals surface area contributed by atoms with Crippen molar-refractivity contribution in [3.8, 4) is 0 Å². The van der Waals surface area contributed by atoms with Gasteiger partial charge < -0.3 is 15.0 Å². The first kappa shape index (κ1) is 12.9. The van der Waals surface area contributed by atoms with E-state index in [-0.39, 0.29) is 5.91 Å². The molecule has 1 amide bonds. The molecule has 21 heavy (non-hydrogen) atoms. The molecule has 2 heterocycles. The van der Waals surface area contributed by atoms with E-state index in [0.717, 1.165) is 43.4 Å². The predicted molar refractivity (Wildman–Crippen MR) is 81.3 cm³/mol. The largest absolute Gasteiger partial charge is 0.381 e. The van der Waals surface area contributed by atoms with Gasteiger partial charge in [0, 0.05) is 30.2 Å². The normalized spacial score (nSPS) is 23.9. The number of hydrogen-bond donors (Lipinski definition) is 2. The quantitative estimate of drug-likeness (QED) is 0.891. The van der Waals surface area contributed by atoms with Gasteiger partial charge in [-0.2, -0.15) is 0 Å². The monoisotopic (exact) mass is 284 g/mol. The number of amides is 1. The van der Waals surface area contributed by atoms with Gasteiger partial charge in [0.05, 0.1) is 0 Å². The third-order valence-corrected chi connectivity index (χ3v) is 5.24. The van der Waals surface area contributed by atoms with Gasteiger partial charge in [0.1, 0.15) is 5.69 Å². The van der Waals surface area contributed by atoms with Crippen LogP contribution in [0.5, 0.6) is 0 Å². The van der Waals surface area contributed by atoms with Gasteiger partial charge in [0.15, 0.2) is 0 Å². The molecule has 2 aromatic rings. The van der Waals surface area contributed by atoms with Crippen molar-refractivity contribution in [1.82, 2.24) is 10.3 Å². The Labute approximate surface area is 123 Å². The fourth-order valence-electron chi connectivity index (χ4n) is 3.73. The fraction of sp³-hybridized carbons (Fsp3) is 0.471. The Kier molecular flexibility index (Phi) is 3.00. The summed E-state index contributed by atoms with van der Waals surface area (Å²) in [5, 5.41) is 4.31. The van der Waals surface area contributed by atoms with Gasteiger partial charge >= 0.3 is 0 Å². The highest BCUT2D eigenvalue weighted by Gasteiger charge is 2.48. The molecule has 4 rings (SSSR count). The van der Waals surface area contributed by atoms with Crippen LogP contribution in [0.4, 0.5) is 0 Å². The molecular weight excluding hydrogens is 264 g/mol. The average Bonchev–Trinajstić information content (AvgIpc) is 2.96. The van der Waals surface area contributed by atoms with Crippen molar-refractivity contribution >= 4 is 16.8 Å². The zero-order valence-electron chi connectivity index (χ0n) is 12.0. The molecule has 1 saturated carbocycles. The van der Waals surface area contributed by atoms with Gasteiger partial charge in [-0.3, -0.25) is 4.79 Å². The molecule has 1 aliphatic carbocycles. The summed E-state index contributed by atoms with van der Waals surface area (Å²) >= 11 is 0. The molecule has 110 valence electrons. The number of aromatic nitrogens is 1. The second kappa shape index (κ2) is 4.88. The molecule has 1 aromatic carbocycles. The molecule has 1 atom stereocenters. The van der Waals surface area contributed by atoms with Crippen LogP contribution >= 0.6 is 0 Å². The molecule has 1 unspecified atom stereocenters. The first-order chi connectivity index (χ1) is 10.3. The maximum absolute atomic E-state index is 12.5. The lowest BCUT2D eigenvalue weighted by Gasteiger charge is -2.52. The molecule has 0 bridgehead atoms. The topological polar surface area (TPSA) is 54.1 Å². The van der Waals surface area contributed by atoms with Gasteiger partial charge in [0.25, 0.3) is 5.91 Å². The lowest BCUT2D eigenvalue weighted by atomic mass is 9.60. The van der Waals surface area contributed by atoms with Crippen molar-refractivity contribution in [2.75, 3.05) is 13.2 Å². The van der Waals surface area contributed by atoms with E-state index in [2.05, 4.69) is 10.3 Å². The highest BCUT2D eigenvalue weighted by atomic mass is 16.5. The lowest BCUT2D eigenvalue weighted by molar-refractivity contribution is -0.0523. The van der Waals surface area contributed by atoms with Crippen LogP contribution in [0.2, 0.25) is 0 Å².